The van der Waals surface area contributed by atoms with Gasteiger partial charge in [0.1, 0.15) is 10.6 Å². The van der Waals surface area contributed by atoms with Crippen LogP contribution in [0.3, 0.4) is 0 Å². The number of sulfonamides is 1. The van der Waals surface area contributed by atoms with E-state index in [4.69, 9.17) is 4.74 Å². The molecule has 23 heavy (non-hydrogen) atoms. The van der Waals surface area contributed by atoms with Crippen LogP contribution in [0, 0.1) is 6.92 Å². The first-order chi connectivity index (χ1) is 10.8. The summed E-state index contributed by atoms with van der Waals surface area (Å²) in [6, 6.07) is 4.62. The van der Waals surface area contributed by atoms with Crippen molar-refractivity contribution >= 4 is 16.0 Å². The molecule has 0 radical (unpaired) electrons. The van der Waals surface area contributed by atoms with E-state index in [1.807, 2.05) is 0 Å². The summed E-state index contributed by atoms with van der Waals surface area (Å²) in [6.07, 6.45) is 1.40. The molecule has 1 heterocycles. The number of carboxylic acids is 1. The summed E-state index contributed by atoms with van der Waals surface area (Å²) < 4.78 is 33.7. The number of nitrogens with one attached hydrogen (secondary N) is 1. The first kappa shape index (κ1) is 17.0. The van der Waals surface area contributed by atoms with E-state index in [1.54, 1.807) is 13.0 Å². The van der Waals surface area contributed by atoms with Crippen LogP contribution in [-0.2, 0) is 21.9 Å². The summed E-state index contributed by atoms with van der Waals surface area (Å²) in [4.78, 5) is 11.4. The van der Waals surface area contributed by atoms with E-state index in [0.717, 1.165) is 0 Å². The maximum atomic E-state index is 12.6. The molecule has 0 bridgehead atoms. The third kappa shape index (κ3) is 3.51. The second kappa shape index (κ2) is 6.39. The van der Waals surface area contributed by atoms with Crippen molar-refractivity contribution in [3.05, 3.63) is 41.7 Å². The third-order valence-corrected chi connectivity index (χ3v) is 4.73. The molecule has 2 aromatic rings. The average molecular weight is 339 g/mol. The zero-order chi connectivity index (χ0) is 17.2. The largest absolute Gasteiger partial charge is 0.495 e. The van der Waals surface area contributed by atoms with Crippen LogP contribution in [0.5, 0.6) is 5.75 Å². The van der Waals surface area contributed by atoms with Gasteiger partial charge in [-0.05, 0) is 30.7 Å². The van der Waals surface area contributed by atoms with Crippen LogP contribution < -0.4 is 9.46 Å². The summed E-state index contributed by atoms with van der Waals surface area (Å²) >= 11 is 0. The second-order valence-electron chi connectivity index (χ2n) is 4.93. The minimum absolute atomic E-state index is 0.117. The number of hydrogen-bond donors (Lipinski definition) is 2. The smallest absolute Gasteiger partial charge is 0.327 e. The fraction of sp³-hybridized carbons (Fsp3) is 0.286. The number of aliphatic carboxylic acids is 1. The molecule has 1 atom stereocenters. The van der Waals surface area contributed by atoms with Crippen LogP contribution >= 0.6 is 0 Å². The van der Waals surface area contributed by atoms with Crippen molar-refractivity contribution in [2.75, 3.05) is 7.11 Å². The van der Waals surface area contributed by atoms with Crippen LogP contribution in [-0.4, -0.2) is 36.4 Å². The van der Waals surface area contributed by atoms with Gasteiger partial charge < -0.3 is 9.84 Å². The number of nitrogens with zero attached hydrogens (tertiary/aromatic N) is 2. The topological polar surface area (TPSA) is 111 Å². The van der Waals surface area contributed by atoms with Gasteiger partial charge in [0.2, 0.25) is 10.0 Å². The Balaban J connectivity index is 2.46. The molecule has 8 nitrogen and oxygen atoms in total. The molecule has 2 rings (SSSR count). The van der Waals surface area contributed by atoms with Crippen molar-refractivity contribution in [2.24, 2.45) is 7.05 Å². The summed E-state index contributed by atoms with van der Waals surface area (Å²) in [6.45, 7) is 1.73. The zero-order valence-corrected chi connectivity index (χ0v) is 13.7. The lowest BCUT2D eigenvalue weighted by Crippen LogP contribution is -2.35. The molecular weight excluding hydrogens is 322 g/mol. The monoisotopic (exact) mass is 339 g/mol. The molecule has 0 spiro atoms. The Hall–Kier alpha value is -2.39. The summed E-state index contributed by atoms with van der Waals surface area (Å²) in [7, 11) is -1.23. The summed E-state index contributed by atoms with van der Waals surface area (Å²) in [5.74, 6) is -1.19. The van der Waals surface area contributed by atoms with Crippen molar-refractivity contribution in [3.63, 3.8) is 0 Å². The lowest BCUT2D eigenvalue weighted by molar-refractivity contribution is -0.139. The van der Waals surface area contributed by atoms with Crippen LogP contribution in [0.15, 0.2) is 35.4 Å². The van der Waals surface area contributed by atoms with Gasteiger partial charge in [-0.2, -0.15) is 9.82 Å². The fourth-order valence-corrected chi connectivity index (χ4v) is 3.53. The normalized spacial score (nSPS) is 12.8. The number of methoxy groups -OCH3 is 1. The first-order valence-corrected chi connectivity index (χ1v) is 8.12. The number of carbonyl (C=O) groups is 1. The number of ether oxygens (including phenoxy) is 1. The number of carboxylic acid groups (broad SMARTS) is 1. The highest BCUT2D eigenvalue weighted by atomic mass is 32.2. The van der Waals surface area contributed by atoms with E-state index in [-0.39, 0.29) is 16.3 Å². The van der Waals surface area contributed by atoms with Gasteiger partial charge in [-0.3, -0.25) is 9.48 Å². The fourth-order valence-electron chi connectivity index (χ4n) is 2.12. The van der Waals surface area contributed by atoms with E-state index in [0.29, 0.717) is 5.56 Å². The molecule has 0 aliphatic carbocycles. The van der Waals surface area contributed by atoms with Crippen molar-refractivity contribution in [1.82, 2.24) is 14.5 Å². The summed E-state index contributed by atoms with van der Waals surface area (Å²) in [5, 5.41) is 13.2. The molecule has 1 unspecified atom stereocenters. The maximum Gasteiger partial charge on any atom is 0.327 e. The predicted octanol–water partition coefficient (Wildman–Crippen LogP) is 0.841. The molecule has 0 saturated carbocycles. The molecule has 0 fully saturated rings. The third-order valence-electron chi connectivity index (χ3n) is 3.28. The van der Waals surface area contributed by atoms with Crippen LogP contribution in [0.2, 0.25) is 0 Å². The van der Waals surface area contributed by atoms with Crippen LogP contribution in [0.1, 0.15) is 17.3 Å². The highest BCUT2D eigenvalue weighted by molar-refractivity contribution is 7.89. The Morgan fingerprint density at radius 2 is 2.09 bits per heavy atom. The van der Waals surface area contributed by atoms with E-state index in [9.17, 15) is 18.3 Å². The van der Waals surface area contributed by atoms with Crippen LogP contribution in [0.4, 0.5) is 0 Å². The number of hydrogen-bond acceptors (Lipinski definition) is 5. The first-order valence-electron chi connectivity index (χ1n) is 6.64. The Morgan fingerprint density at radius 1 is 1.39 bits per heavy atom. The Labute approximate surface area is 133 Å². The van der Waals surface area contributed by atoms with Gasteiger partial charge in [0.15, 0.2) is 6.04 Å². The molecule has 0 saturated heterocycles. The molecule has 1 aromatic carbocycles. The van der Waals surface area contributed by atoms with Crippen molar-refractivity contribution in [2.45, 2.75) is 17.9 Å². The minimum Gasteiger partial charge on any atom is -0.495 e. The van der Waals surface area contributed by atoms with Crippen molar-refractivity contribution in [1.29, 1.82) is 0 Å². The van der Waals surface area contributed by atoms with Gasteiger partial charge in [-0.25, -0.2) is 8.42 Å². The molecule has 2 N–H and O–H groups in total. The van der Waals surface area contributed by atoms with Gasteiger partial charge in [0.05, 0.1) is 12.8 Å². The number of rotatable bonds is 6. The van der Waals surface area contributed by atoms with E-state index >= 15 is 0 Å². The molecule has 0 aliphatic heterocycles. The lowest BCUT2D eigenvalue weighted by atomic mass is 10.2. The molecule has 0 amide bonds. The van der Waals surface area contributed by atoms with E-state index < -0.39 is 22.0 Å². The predicted molar refractivity (Wildman–Crippen MR) is 81.6 cm³/mol. The van der Waals surface area contributed by atoms with Gasteiger partial charge >= 0.3 is 5.97 Å². The van der Waals surface area contributed by atoms with E-state index in [2.05, 4.69) is 9.82 Å². The van der Waals surface area contributed by atoms with Crippen molar-refractivity contribution < 1.29 is 23.1 Å². The Kier molecular flexibility index (Phi) is 4.71. The molecule has 9 heteroatoms. The molecule has 124 valence electrons. The Morgan fingerprint density at radius 3 is 2.61 bits per heavy atom. The van der Waals surface area contributed by atoms with Gasteiger partial charge in [0.25, 0.3) is 0 Å². The number of benzene rings is 1. The highest BCUT2D eigenvalue weighted by Crippen LogP contribution is 2.26. The summed E-state index contributed by atoms with van der Waals surface area (Å²) in [5.41, 5.74) is 0.922. The van der Waals surface area contributed by atoms with Crippen LogP contribution in [0.25, 0.3) is 0 Å². The standard InChI is InChI=1S/C14H17N3O5S/c1-9-4-5-11(22-3)12(8-9)23(20,21)16-13(14(18)19)10-6-7-15-17(10)2/h4-8,13,16H,1-3H3,(H,18,19). The second-order valence-corrected chi connectivity index (χ2v) is 6.61. The number of aromatic nitrogens is 2. The SMILES string of the molecule is COc1ccc(C)cc1S(=O)(=O)NC(C(=O)O)c1ccnn1C. The quantitative estimate of drug-likeness (QED) is 0.807. The molecular formula is C14H17N3O5S. The van der Waals surface area contributed by atoms with Crippen molar-refractivity contribution in [3.8, 4) is 5.75 Å². The average Bonchev–Trinajstić information content (AvgIpc) is 2.90. The lowest BCUT2D eigenvalue weighted by Gasteiger charge is -2.17. The molecule has 0 aliphatic rings. The zero-order valence-electron chi connectivity index (χ0n) is 12.8. The van der Waals surface area contributed by atoms with E-state index in [1.165, 1.54) is 43.2 Å². The highest BCUT2D eigenvalue weighted by Gasteiger charge is 2.30. The van der Waals surface area contributed by atoms with Gasteiger partial charge in [-0.15, -0.1) is 0 Å². The van der Waals surface area contributed by atoms with Gasteiger partial charge in [-0.1, -0.05) is 6.07 Å². The number of aryl methyl sites for hydroxylation is 2. The Bertz CT molecular complexity index is 829. The maximum absolute atomic E-state index is 12.6. The molecule has 1 aromatic heterocycles. The van der Waals surface area contributed by atoms with Gasteiger partial charge in [0, 0.05) is 13.2 Å². The minimum atomic E-state index is -4.11.